The molecule has 0 saturated carbocycles. The SMILES string of the molecule is CC(NC(=O)CCc1ccc(S(=O)(=O)N2CCOCC2)cc1)c1ccccc1Cl. The second-order valence-corrected chi connectivity index (χ2v) is 9.32. The molecular formula is C21H25ClN2O4S. The predicted octanol–water partition coefficient (Wildman–Crippen LogP) is 3.17. The molecule has 156 valence electrons. The quantitative estimate of drug-likeness (QED) is 0.723. The van der Waals surface area contributed by atoms with Crippen molar-refractivity contribution >= 4 is 27.5 Å². The maximum atomic E-state index is 12.6. The number of ether oxygens (including phenoxy) is 1. The zero-order valence-electron chi connectivity index (χ0n) is 16.3. The maximum Gasteiger partial charge on any atom is 0.243 e. The number of hydrogen-bond acceptors (Lipinski definition) is 4. The molecule has 0 aromatic heterocycles. The second-order valence-electron chi connectivity index (χ2n) is 6.97. The number of amides is 1. The Morgan fingerprint density at radius 1 is 1.14 bits per heavy atom. The molecule has 1 N–H and O–H groups in total. The van der Waals surface area contributed by atoms with Crippen molar-refractivity contribution in [3.63, 3.8) is 0 Å². The average molecular weight is 437 g/mol. The highest BCUT2D eigenvalue weighted by atomic mass is 35.5. The molecule has 3 rings (SSSR count). The highest BCUT2D eigenvalue weighted by Crippen LogP contribution is 2.22. The van der Waals surface area contributed by atoms with E-state index in [-0.39, 0.29) is 16.8 Å². The maximum absolute atomic E-state index is 12.6. The van der Waals surface area contributed by atoms with E-state index >= 15 is 0 Å². The lowest BCUT2D eigenvalue weighted by molar-refractivity contribution is -0.121. The minimum absolute atomic E-state index is 0.0811. The first-order valence-electron chi connectivity index (χ1n) is 9.58. The molecule has 29 heavy (non-hydrogen) atoms. The van der Waals surface area contributed by atoms with Gasteiger partial charge in [-0.1, -0.05) is 41.9 Å². The first-order chi connectivity index (χ1) is 13.9. The highest BCUT2D eigenvalue weighted by molar-refractivity contribution is 7.89. The van der Waals surface area contributed by atoms with E-state index < -0.39 is 10.0 Å². The van der Waals surface area contributed by atoms with Crippen molar-refractivity contribution in [2.75, 3.05) is 26.3 Å². The van der Waals surface area contributed by atoms with Crippen LogP contribution in [0.4, 0.5) is 0 Å². The Labute approximate surface area is 176 Å². The number of benzene rings is 2. The van der Waals surface area contributed by atoms with E-state index in [0.717, 1.165) is 11.1 Å². The summed E-state index contributed by atoms with van der Waals surface area (Å²) in [5.74, 6) is -0.0811. The van der Waals surface area contributed by atoms with E-state index in [0.29, 0.717) is 44.2 Å². The molecular weight excluding hydrogens is 412 g/mol. The monoisotopic (exact) mass is 436 g/mol. The fraction of sp³-hybridized carbons (Fsp3) is 0.381. The summed E-state index contributed by atoms with van der Waals surface area (Å²) in [7, 11) is -3.50. The average Bonchev–Trinajstić information content (AvgIpc) is 2.73. The normalized spacial score (nSPS) is 16.3. The zero-order chi connectivity index (χ0) is 20.9. The largest absolute Gasteiger partial charge is 0.379 e. The lowest BCUT2D eigenvalue weighted by atomic mass is 10.1. The van der Waals surface area contributed by atoms with E-state index in [1.165, 1.54) is 4.31 Å². The van der Waals surface area contributed by atoms with Crippen molar-refractivity contribution in [1.29, 1.82) is 0 Å². The van der Waals surface area contributed by atoms with Crippen LogP contribution >= 0.6 is 11.6 Å². The molecule has 1 aliphatic heterocycles. The van der Waals surface area contributed by atoms with Crippen LogP contribution in [-0.4, -0.2) is 44.9 Å². The molecule has 6 nitrogen and oxygen atoms in total. The fourth-order valence-electron chi connectivity index (χ4n) is 3.24. The van der Waals surface area contributed by atoms with Crippen LogP contribution in [0.1, 0.15) is 30.5 Å². The molecule has 0 aliphatic carbocycles. The molecule has 2 aromatic carbocycles. The standard InChI is InChI=1S/C21H25ClN2O4S/c1-16(19-4-2-3-5-20(19)22)23-21(25)11-8-17-6-9-18(10-7-17)29(26,27)24-12-14-28-15-13-24/h2-7,9-10,16H,8,11-15H2,1H3,(H,23,25). The number of nitrogens with one attached hydrogen (secondary N) is 1. The van der Waals surface area contributed by atoms with Crippen molar-refractivity contribution in [3.05, 3.63) is 64.7 Å². The van der Waals surface area contributed by atoms with Gasteiger partial charge in [0.2, 0.25) is 15.9 Å². The van der Waals surface area contributed by atoms with Crippen LogP contribution in [0.2, 0.25) is 5.02 Å². The third-order valence-corrected chi connectivity index (χ3v) is 7.18. The van der Waals surface area contributed by atoms with Crippen LogP contribution in [0.3, 0.4) is 0 Å². The number of hydrogen-bond donors (Lipinski definition) is 1. The van der Waals surface area contributed by atoms with E-state index in [4.69, 9.17) is 16.3 Å². The Bertz CT molecular complexity index is 941. The molecule has 1 amide bonds. The Balaban J connectivity index is 1.54. The van der Waals surface area contributed by atoms with Crippen molar-refractivity contribution in [2.45, 2.75) is 30.7 Å². The third-order valence-electron chi connectivity index (χ3n) is 4.92. The summed E-state index contributed by atoms with van der Waals surface area (Å²) in [5, 5.41) is 3.57. The Morgan fingerprint density at radius 3 is 2.45 bits per heavy atom. The van der Waals surface area contributed by atoms with Crippen LogP contribution in [-0.2, 0) is 26.0 Å². The van der Waals surface area contributed by atoms with Gasteiger partial charge in [-0.05, 0) is 42.7 Å². The van der Waals surface area contributed by atoms with Crippen LogP contribution in [0, 0.1) is 0 Å². The van der Waals surface area contributed by atoms with Gasteiger partial charge in [-0.2, -0.15) is 4.31 Å². The van der Waals surface area contributed by atoms with Gasteiger partial charge in [-0.25, -0.2) is 8.42 Å². The Morgan fingerprint density at radius 2 is 1.79 bits per heavy atom. The van der Waals surface area contributed by atoms with E-state index in [1.54, 1.807) is 30.3 Å². The van der Waals surface area contributed by atoms with E-state index in [9.17, 15) is 13.2 Å². The number of sulfonamides is 1. The lowest BCUT2D eigenvalue weighted by Gasteiger charge is -2.26. The Kier molecular flexibility index (Phi) is 7.29. The van der Waals surface area contributed by atoms with Crippen molar-refractivity contribution in [3.8, 4) is 0 Å². The van der Waals surface area contributed by atoms with Crippen LogP contribution in [0.25, 0.3) is 0 Å². The summed E-state index contributed by atoms with van der Waals surface area (Å²) in [4.78, 5) is 12.5. The molecule has 2 aromatic rings. The molecule has 1 heterocycles. The summed E-state index contributed by atoms with van der Waals surface area (Å²) in [6.45, 7) is 3.46. The van der Waals surface area contributed by atoms with Gasteiger partial charge in [-0.3, -0.25) is 4.79 Å². The summed E-state index contributed by atoms with van der Waals surface area (Å²) < 4.78 is 31.9. The van der Waals surface area contributed by atoms with Crippen molar-refractivity contribution < 1.29 is 17.9 Å². The minimum Gasteiger partial charge on any atom is -0.379 e. The number of carbonyl (C=O) groups excluding carboxylic acids is 1. The van der Waals surface area contributed by atoms with Gasteiger partial charge >= 0.3 is 0 Å². The molecule has 1 aliphatic rings. The number of morpholine rings is 1. The van der Waals surface area contributed by atoms with Gasteiger partial charge in [0.15, 0.2) is 0 Å². The number of rotatable bonds is 7. The van der Waals surface area contributed by atoms with E-state index in [1.807, 2.05) is 25.1 Å². The predicted molar refractivity (Wildman–Crippen MR) is 112 cm³/mol. The van der Waals surface area contributed by atoms with Gasteiger partial charge in [0.05, 0.1) is 24.2 Å². The molecule has 1 fully saturated rings. The smallest absolute Gasteiger partial charge is 0.243 e. The van der Waals surface area contributed by atoms with Crippen molar-refractivity contribution in [1.82, 2.24) is 9.62 Å². The lowest BCUT2D eigenvalue weighted by Crippen LogP contribution is -2.40. The number of nitrogens with zero attached hydrogens (tertiary/aromatic N) is 1. The number of halogens is 1. The van der Waals surface area contributed by atoms with E-state index in [2.05, 4.69) is 5.32 Å². The van der Waals surface area contributed by atoms with Gasteiger partial charge in [-0.15, -0.1) is 0 Å². The van der Waals surface area contributed by atoms with Crippen LogP contribution < -0.4 is 5.32 Å². The van der Waals surface area contributed by atoms with Gasteiger partial charge in [0.1, 0.15) is 0 Å². The van der Waals surface area contributed by atoms with Gasteiger partial charge < -0.3 is 10.1 Å². The first kappa shape index (κ1) is 21.8. The topological polar surface area (TPSA) is 75.7 Å². The first-order valence-corrected chi connectivity index (χ1v) is 11.4. The Hall–Kier alpha value is -1.93. The highest BCUT2D eigenvalue weighted by Gasteiger charge is 2.26. The molecule has 0 bridgehead atoms. The fourth-order valence-corrected chi connectivity index (χ4v) is 4.95. The molecule has 1 unspecified atom stereocenters. The van der Waals surface area contributed by atoms with Crippen LogP contribution in [0.5, 0.6) is 0 Å². The minimum atomic E-state index is -3.50. The molecule has 0 radical (unpaired) electrons. The summed E-state index contributed by atoms with van der Waals surface area (Å²) >= 11 is 6.17. The summed E-state index contributed by atoms with van der Waals surface area (Å²) in [6.07, 6.45) is 0.837. The summed E-state index contributed by atoms with van der Waals surface area (Å²) in [5.41, 5.74) is 1.78. The molecule has 1 atom stereocenters. The zero-order valence-corrected chi connectivity index (χ0v) is 17.9. The van der Waals surface area contributed by atoms with Crippen molar-refractivity contribution in [2.24, 2.45) is 0 Å². The number of carbonyl (C=O) groups is 1. The second kappa shape index (κ2) is 9.71. The molecule has 1 saturated heterocycles. The van der Waals surface area contributed by atoms with Gasteiger partial charge in [0, 0.05) is 24.5 Å². The van der Waals surface area contributed by atoms with Gasteiger partial charge in [0.25, 0.3) is 0 Å². The number of aryl methyl sites for hydroxylation is 1. The summed E-state index contributed by atoms with van der Waals surface area (Å²) in [6, 6.07) is 14.0. The molecule has 8 heteroatoms. The van der Waals surface area contributed by atoms with Crippen LogP contribution in [0.15, 0.2) is 53.4 Å². The molecule has 0 spiro atoms. The third kappa shape index (κ3) is 5.57.